The summed E-state index contributed by atoms with van der Waals surface area (Å²) in [4.78, 5) is 2.63. The molecule has 0 aromatic rings. The van der Waals surface area contributed by atoms with E-state index in [1.807, 2.05) is 0 Å². The van der Waals surface area contributed by atoms with Crippen LogP contribution < -0.4 is 5.32 Å². The van der Waals surface area contributed by atoms with Gasteiger partial charge in [0.05, 0.1) is 0 Å². The zero-order chi connectivity index (χ0) is 11.6. The second-order valence-corrected chi connectivity index (χ2v) is 5.25. The van der Waals surface area contributed by atoms with Gasteiger partial charge in [-0.3, -0.25) is 0 Å². The van der Waals surface area contributed by atoms with Crippen LogP contribution in [0.5, 0.6) is 0 Å². The zero-order valence-electron chi connectivity index (χ0n) is 11.3. The largest absolute Gasteiger partial charge is 0.313 e. The topological polar surface area (TPSA) is 15.3 Å². The lowest BCUT2D eigenvalue weighted by molar-refractivity contribution is 0.279. The van der Waals surface area contributed by atoms with Crippen molar-refractivity contribution in [3.63, 3.8) is 0 Å². The molecule has 1 saturated heterocycles. The molecule has 0 spiro atoms. The van der Waals surface area contributed by atoms with E-state index in [0.717, 1.165) is 0 Å². The van der Waals surface area contributed by atoms with E-state index in [1.165, 1.54) is 71.1 Å². The van der Waals surface area contributed by atoms with Gasteiger partial charge in [-0.25, -0.2) is 0 Å². The second kappa shape index (κ2) is 9.00. The van der Waals surface area contributed by atoms with Gasteiger partial charge in [-0.05, 0) is 39.3 Å². The predicted octanol–water partition coefficient (Wildman–Crippen LogP) is 3.03. The molecule has 96 valence electrons. The van der Waals surface area contributed by atoms with Crippen LogP contribution in [0.2, 0.25) is 0 Å². The molecule has 0 radical (unpaired) electrons. The van der Waals surface area contributed by atoms with Crippen molar-refractivity contribution in [3.8, 4) is 0 Å². The third-order valence-electron chi connectivity index (χ3n) is 3.61. The molecule has 1 N–H and O–H groups in total. The van der Waals surface area contributed by atoms with Gasteiger partial charge in [-0.2, -0.15) is 0 Å². The lowest BCUT2D eigenvalue weighted by Crippen LogP contribution is -2.36. The minimum absolute atomic E-state index is 0.701. The minimum atomic E-state index is 0.701. The van der Waals surface area contributed by atoms with Crippen molar-refractivity contribution in [3.05, 3.63) is 0 Å². The van der Waals surface area contributed by atoms with Crippen molar-refractivity contribution >= 4 is 0 Å². The van der Waals surface area contributed by atoms with E-state index in [-0.39, 0.29) is 0 Å². The number of nitrogens with one attached hydrogen (secondary N) is 1. The molecule has 0 bridgehead atoms. The Morgan fingerprint density at radius 3 is 2.44 bits per heavy atom. The van der Waals surface area contributed by atoms with E-state index < -0.39 is 0 Å². The molecule has 0 aromatic carbocycles. The van der Waals surface area contributed by atoms with E-state index in [0.29, 0.717) is 6.04 Å². The normalized spacial score (nSPS) is 20.6. The molecule has 0 aliphatic carbocycles. The van der Waals surface area contributed by atoms with Gasteiger partial charge in [0.25, 0.3) is 0 Å². The lowest BCUT2D eigenvalue weighted by atomic mass is 10.1. The van der Waals surface area contributed by atoms with Gasteiger partial charge in [0.15, 0.2) is 0 Å². The Bertz CT molecular complexity index is 151. The van der Waals surface area contributed by atoms with Crippen molar-refractivity contribution in [2.75, 3.05) is 26.2 Å². The fraction of sp³-hybridized carbons (Fsp3) is 1.00. The Morgan fingerprint density at radius 1 is 1.12 bits per heavy atom. The molecule has 0 saturated carbocycles. The minimum Gasteiger partial charge on any atom is -0.313 e. The Hall–Kier alpha value is -0.0800. The van der Waals surface area contributed by atoms with Crippen LogP contribution in [0.25, 0.3) is 0 Å². The van der Waals surface area contributed by atoms with Crippen molar-refractivity contribution in [2.45, 2.75) is 64.8 Å². The second-order valence-electron chi connectivity index (χ2n) is 5.25. The average molecular weight is 226 g/mol. The Kier molecular flexibility index (Phi) is 7.87. The van der Waals surface area contributed by atoms with E-state index in [9.17, 15) is 0 Å². The van der Waals surface area contributed by atoms with Crippen LogP contribution in [-0.4, -0.2) is 37.1 Å². The maximum atomic E-state index is 3.64. The maximum absolute atomic E-state index is 3.64. The molecule has 2 heteroatoms. The first-order chi connectivity index (χ1) is 7.83. The average Bonchev–Trinajstić information content (AvgIpc) is 2.55. The third-order valence-corrected chi connectivity index (χ3v) is 3.61. The number of hydrogen-bond acceptors (Lipinski definition) is 2. The Morgan fingerprint density at radius 2 is 1.81 bits per heavy atom. The first-order valence-electron chi connectivity index (χ1n) is 7.28. The molecule has 1 unspecified atom stereocenters. The van der Waals surface area contributed by atoms with E-state index in [2.05, 4.69) is 24.1 Å². The molecule has 0 amide bonds. The number of likely N-dealkylation sites (tertiary alicyclic amines) is 1. The van der Waals surface area contributed by atoms with Crippen LogP contribution in [0.4, 0.5) is 0 Å². The number of rotatable bonds is 7. The molecular formula is C14H30N2. The molecule has 1 rings (SSSR count). The number of hydrogen-bond donors (Lipinski definition) is 1. The molecule has 0 aromatic heterocycles. The van der Waals surface area contributed by atoms with Gasteiger partial charge in [-0.15, -0.1) is 0 Å². The first kappa shape index (κ1) is 14.0. The highest BCUT2D eigenvalue weighted by atomic mass is 15.1. The molecule has 1 heterocycles. The maximum Gasteiger partial charge on any atom is 0.0107 e. The molecule has 1 aliphatic rings. The Labute approximate surface area is 102 Å². The van der Waals surface area contributed by atoms with Gasteiger partial charge in [0.1, 0.15) is 0 Å². The van der Waals surface area contributed by atoms with E-state index in [4.69, 9.17) is 0 Å². The Balaban J connectivity index is 2.00. The van der Waals surface area contributed by atoms with E-state index >= 15 is 0 Å². The highest BCUT2D eigenvalue weighted by molar-refractivity contribution is 4.66. The summed E-state index contributed by atoms with van der Waals surface area (Å²) in [7, 11) is 0. The highest BCUT2D eigenvalue weighted by Gasteiger charge is 2.08. The van der Waals surface area contributed by atoms with Crippen LogP contribution in [0, 0.1) is 0 Å². The molecule has 1 atom stereocenters. The molecule has 1 aliphatic heterocycles. The van der Waals surface area contributed by atoms with Crippen molar-refractivity contribution in [1.29, 1.82) is 0 Å². The van der Waals surface area contributed by atoms with Crippen molar-refractivity contribution in [1.82, 2.24) is 10.2 Å². The molecule has 16 heavy (non-hydrogen) atoms. The SMILES string of the molecule is CCCCC(C)NCCN1CCCCCC1. The monoisotopic (exact) mass is 226 g/mol. The summed E-state index contributed by atoms with van der Waals surface area (Å²) >= 11 is 0. The van der Waals surface area contributed by atoms with Gasteiger partial charge in [-0.1, -0.05) is 32.6 Å². The van der Waals surface area contributed by atoms with Crippen molar-refractivity contribution < 1.29 is 0 Å². The number of unbranched alkanes of at least 4 members (excludes halogenated alkanes) is 1. The van der Waals surface area contributed by atoms with Gasteiger partial charge >= 0.3 is 0 Å². The van der Waals surface area contributed by atoms with Crippen LogP contribution in [0.3, 0.4) is 0 Å². The van der Waals surface area contributed by atoms with E-state index in [1.54, 1.807) is 0 Å². The van der Waals surface area contributed by atoms with Crippen LogP contribution >= 0.6 is 0 Å². The smallest absolute Gasteiger partial charge is 0.0107 e. The summed E-state index contributed by atoms with van der Waals surface area (Å²) in [6.45, 7) is 9.65. The molecule has 2 nitrogen and oxygen atoms in total. The van der Waals surface area contributed by atoms with Crippen LogP contribution in [0.1, 0.15) is 58.8 Å². The van der Waals surface area contributed by atoms with Gasteiger partial charge in [0, 0.05) is 19.1 Å². The quantitative estimate of drug-likeness (QED) is 0.718. The lowest BCUT2D eigenvalue weighted by Gasteiger charge is -2.21. The summed E-state index contributed by atoms with van der Waals surface area (Å²) in [5.41, 5.74) is 0. The summed E-state index contributed by atoms with van der Waals surface area (Å²) in [6.07, 6.45) is 9.71. The highest BCUT2D eigenvalue weighted by Crippen LogP contribution is 2.08. The zero-order valence-corrected chi connectivity index (χ0v) is 11.3. The van der Waals surface area contributed by atoms with Crippen LogP contribution in [-0.2, 0) is 0 Å². The summed E-state index contributed by atoms with van der Waals surface area (Å²) in [5, 5.41) is 3.64. The molecule has 1 fully saturated rings. The van der Waals surface area contributed by atoms with Crippen LogP contribution in [0.15, 0.2) is 0 Å². The fourth-order valence-electron chi connectivity index (χ4n) is 2.44. The standard InChI is InChI=1S/C14H30N2/c1-3-4-9-14(2)15-10-13-16-11-7-5-6-8-12-16/h14-15H,3-13H2,1-2H3. The van der Waals surface area contributed by atoms with Crippen molar-refractivity contribution in [2.24, 2.45) is 0 Å². The van der Waals surface area contributed by atoms with Gasteiger partial charge < -0.3 is 10.2 Å². The third kappa shape index (κ3) is 6.49. The van der Waals surface area contributed by atoms with Gasteiger partial charge in [0.2, 0.25) is 0 Å². The summed E-state index contributed by atoms with van der Waals surface area (Å²) < 4.78 is 0. The first-order valence-corrected chi connectivity index (χ1v) is 7.28. The molecular weight excluding hydrogens is 196 g/mol. The number of nitrogens with zero attached hydrogens (tertiary/aromatic N) is 1. The summed E-state index contributed by atoms with van der Waals surface area (Å²) in [6, 6.07) is 0.701. The fourth-order valence-corrected chi connectivity index (χ4v) is 2.44. The predicted molar refractivity (Wildman–Crippen MR) is 71.9 cm³/mol. The summed E-state index contributed by atoms with van der Waals surface area (Å²) in [5.74, 6) is 0.